The summed E-state index contributed by atoms with van der Waals surface area (Å²) in [7, 11) is 0. The molecule has 0 aliphatic heterocycles. The van der Waals surface area contributed by atoms with Gasteiger partial charge in [0.15, 0.2) is 0 Å². The standard InChI is InChI=1S/C106H122/c1-13-17-21-25-29-37-59-105(60-38-30-26-22-18-14-2)93-67-88-86-66-92-90(102-82-50-36-34-48-80(82)84(64-98(102)104(92,11)12)76-53-57-78(58-54-76)100-73(7)45-42-46-74(100)8)70-96(86)106(61-39-31-27-23-19-15-3,62-40-32-28-24-20-16-4)94(88)68-87(93)85-65-91-89(69-95(85)105)101-81-49-35-33-47-79(81)83(63-97(101)103(91,9)10)75-51-55-77(56-52-75)99-71(5)43-41-44-72(99)6/h33-36,41-58,63-70H,13-32,37-40,59-62H2,1-12H3. The highest BCUT2D eigenvalue weighted by Gasteiger charge is 2.51. The molecule has 0 aromatic heterocycles. The minimum absolute atomic E-state index is 0.118. The van der Waals surface area contributed by atoms with Gasteiger partial charge in [-0.05, 0) is 279 Å². The normalized spacial score (nSPS) is 14.8. The molecule has 0 bridgehead atoms. The molecule has 0 N–H and O–H groups in total. The molecular formula is C106H122. The maximum absolute atomic E-state index is 2.94. The molecule has 0 unspecified atom stereocenters. The van der Waals surface area contributed by atoms with Gasteiger partial charge in [0, 0.05) is 21.7 Å². The van der Waals surface area contributed by atoms with Crippen LogP contribution in [0.15, 0.2) is 182 Å². The molecule has 0 saturated heterocycles. The van der Waals surface area contributed by atoms with E-state index in [0.29, 0.717) is 0 Å². The van der Waals surface area contributed by atoms with E-state index in [1.807, 2.05) is 0 Å². The monoisotopic (exact) mass is 1390 g/mol. The molecule has 106 heavy (non-hydrogen) atoms. The number of unbranched alkanes of at least 4 members (excludes halogenated alkanes) is 20. The van der Waals surface area contributed by atoms with Crippen molar-refractivity contribution >= 4 is 21.5 Å². The molecule has 0 radical (unpaired) electrons. The number of fused-ring (bicyclic) bond motifs is 16. The molecule has 0 fully saturated rings. The fourth-order valence-corrected chi connectivity index (χ4v) is 21.4. The summed E-state index contributed by atoms with van der Waals surface area (Å²) in [5.41, 5.74) is 39.9. The van der Waals surface area contributed by atoms with Crippen LogP contribution in [-0.2, 0) is 21.7 Å². The topological polar surface area (TPSA) is 0 Å². The van der Waals surface area contributed by atoms with Crippen molar-refractivity contribution in [3.05, 3.63) is 249 Å². The highest BCUT2D eigenvalue weighted by atomic mass is 14.5. The van der Waals surface area contributed by atoms with Crippen LogP contribution in [0, 0.1) is 27.7 Å². The molecule has 4 aliphatic carbocycles. The van der Waals surface area contributed by atoms with Gasteiger partial charge >= 0.3 is 0 Å². The third-order valence-corrected chi connectivity index (χ3v) is 27.2. The van der Waals surface area contributed by atoms with Gasteiger partial charge in [-0.3, -0.25) is 0 Å². The van der Waals surface area contributed by atoms with Crippen molar-refractivity contribution in [2.45, 2.75) is 285 Å². The highest BCUT2D eigenvalue weighted by molar-refractivity contribution is 6.12. The van der Waals surface area contributed by atoms with Gasteiger partial charge in [0.2, 0.25) is 0 Å². The number of hydrogen-bond donors (Lipinski definition) is 0. The van der Waals surface area contributed by atoms with Crippen LogP contribution in [0.3, 0.4) is 0 Å². The summed E-state index contributed by atoms with van der Waals surface area (Å²) in [6, 6.07) is 74.1. The van der Waals surface area contributed by atoms with Crippen molar-refractivity contribution in [1.29, 1.82) is 0 Å². The number of rotatable bonds is 32. The molecule has 0 spiro atoms. The minimum atomic E-state index is -0.229. The Balaban J connectivity index is 0.931. The van der Waals surface area contributed by atoms with Gasteiger partial charge in [-0.2, -0.15) is 0 Å². The van der Waals surface area contributed by atoms with E-state index in [1.54, 1.807) is 44.5 Å². The third kappa shape index (κ3) is 13.0. The maximum atomic E-state index is 2.94. The van der Waals surface area contributed by atoms with Crippen LogP contribution in [-0.4, -0.2) is 0 Å². The Hall–Kier alpha value is -8.06. The summed E-state index contributed by atoms with van der Waals surface area (Å²) < 4.78 is 0. The van der Waals surface area contributed by atoms with Gasteiger partial charge in [-0.25, -0.2) is 0 Å². The predicted molar refractivity (Wildman–Crippen MR) is 462 cm³/mol. The Kier molecular flexibility index (Phi) is 21.4. The van der Waals surface area contributed by atoms with Crippen LogP contribution in [0.4, 0.5) is 0 Å². The van der Waals surface area contributed by atoms with Crippen LogP contribution in [0.25, 0.3) is 111 Å². The number of hydrogen-bond acceptors (Lipinski definition) is 0. The lowest BCUT2D eigenvalue weighted by molar-refractivity contribution is 0.394. The summed E-state index contributed by atoms with van der Waals surface area (Å²) in [6.07, 6.45) is 36.1. The lowest BCUT2D eigenvalue weighted by Crippen LogP contribution is -2.27. The molecule has 15 rings (SSSR count). The predicted octanol–water partition coefficient (Wildman–Crippen LogP) is 32.0. The van der Waals surface area contributed by atoms with Gasteiger partial charge in [0.05, 0.1) is 0 Å². The Morgan fingerprint density at radius 2 is 0.453 bits per heavy atom. The largest absolute Gasteiger partial charge is 0.0654 e. The van der Waals surface area contributed by atoms with Gasteiger partial charge in [0.25, 0.3) is 0 Å². The van der Waals surface area contributed by atoms with Crippen LogP contribution >= 0.6 is 0 Å². The van der Waals surface area contributed by atoms with E-state index in [-0.39, 0.29) is 21.7 Å². The van der Waals surface area contributed by atoms with Crippen LogP contribution in [0.5, 0.6) is 0 Å². The van der Waals surface area contributed by atoms with Gasteiger partial charge in [0.1, 0.15) is 0 Å². The molecule has 0 heterocycles. The summed E-state index contributed by atoms with van der Waals surface area (Å²) >= 11 is 0. The molecule has 0 heteroatoms. The second kappa shape index (κ2) is 30.9. The number of benzene rings is 11. The molecule has 0 saturated carbocycles. The Labute approximate surface area is 639 Å². The van der Waals surface area contributed by atoms with E-state index in [1.165, 1.54) is 313 Å². The van der Waals surface area contributed by atoms with Crippen LogP contribution in [0.2, 0.25) is 0 Å². The van der Waals surface area contributed by atoms with E-state index in [9.17, 15) is 0 Å². The zero-order valence-corrected chi connectivity index (χ0v) is 67.1. The molecule has 0 nitrogen and oxygen atoms in total. The van der Waals surface area contributed by atoms with Crippen molar-refractivity contribution in [2.75, 3.05) is 0 Å². The van der Waals surface area contributed by atoms with E-state index in [4.69, 9.17) is 0 Å². The first-order valence-electron chi connectivity index (χ1n) is 42.6. The summed E-state index contributed by atoms with van der Waals surface area (Å²) in [6.45, 7) is 28.8. The summed E-state index contributed by atoms with van der Waals surface area (Å²) in [5, 5.41) is 5.49. The third-order valence-electron chi connectivity index (χ3n) is 27.2. The average molecular weight is 1400 g/mol. The Bertz CT molecular complexity index is 4640. The second-order valence-corrected chi connectivity index (χ2v) is 34.8. The van der Waals surface area contributed by atoms with Gasteiger partial charge in [-0.1, -0.05) is 343 Å². The van der Waals surface area contributed by atoms with Crippen LogP contribution < -0.4 is 0 Å². The zero-order valence-electron chi connectivity index (χ0n) is 67.1. The van der Waals surface area contributed by atoms with Gasteiger partial charge in [-0.15, -0.1) is 0 Å². The molecule has 0 amide bonds. The summed E-state index contributed by atoms with van der Waals surface area (Å²) in [5.74, 6) is 0. The van der Waals surface area contributed by atoms with Crippen molar-refractivity contribution in [2.24, 2.45) is 0 Å². The van der Waals surface area contributed by atoms with Gasteiger partial charge < -0.3 is 0 Å². The van der Waals surface area contributed by atoms with Crippen molar-refractivity contribution in [3.8, 4) is 89.0 Å². The van der Waals surface area contributed by atoms with E-state index < -0.39 is 0 Å². The fraction of sp³-hybridized carbons (Fsp3) is 0.415. The zero-order chi connectivity index (χ0) is 73.5. The maximum Gasteiger partial charge on any atom is 0.0215 e. The minimum Gasteiger partial charge on any atom is -0.0654 e. The molecular weight excluding hydrogens is 1270 g/mol. The second-order valence-electron chi connectivity index (χ2n) is 34.8. The molecule has 4 aliphatic rings. The van der Waals surface area contributed by atoms with E-state index in [0.717, 1.165) is 0 Å². The molecule has 11 aromatic rings. The SMILES string of the molecule is CCCCCCCCC1(CCCCCCCC)c2cc3c(cc2-c2cc4c(cc21)-c1cc2c(cc1C4(CCCCCCCC)CCCCCCCC)-c1c(cc(-c4ccc(-c5c(C)cccc5C)cc4)c4ccccc14)C2(C)C)C(C)(C)c1cc(-c2ccc(-c4c(C)cccc4C)cc2)c2ccccc2c1-3. The van der Waals surface area contributed by atoms with Crippen molar-refractivity contribution < 1.29 is 0 Å². The van der Waals surface area contributed by atoms with E-state index >= 15 is 0 Å². The molecule has 0 atom stereocenters. The number of aryl methyl sites for hydroxylation is 4. The molecule has 11 aromatic carbocycles. The lowest BCUT2D eigenvalue weighted by Gasteiger charge is -2.35. The lowest BCUT2D eigenvalue weighted by atomic mass is 9.68. The Morgan fingerprint density at radius 3 is 0.755 bits per heavy atom. The first kappa shape index (κ1) is 73.5. The quantitative estimate of drug-likeness (QED) is 0.0369. The first-order chi connectivity index (χ1) is 51.6. The van der Waals surface area contributed by atoms with Crippen molar-refractivity contribution in [3.63, 3.8) is 0 Å². The van der Waals surface area contributed by atoms with E-state index in [2.05, 4.69) is 265 Å². The Morgan fingerprint density at radius 1 is 0.208 bits per heavy atom. The molecule has 546 valence electrons. The first-order valence-corrected chi connectivity index (χ1v) is 42.6. The van der Waals surface area contributed by atoms with Crippen molar-refractivity contribution in [1.82, 2.24) is 0 Å². The highest BCUT2D eigenvalue weighted by Crippen LogP contribution is 2.66. The summed E-state index contributed by atoms with van der Waals surface area (Å²) in [4.78, 5) is 0. The van der Waals surface area contributed by atoms with Crippen LogP contribution in [0.1, 0.15) is 302 Å². The fourth-order valence-electron chi connectivity index (χ4n) is 21.4. The smallest absolute Gasteiger partial charge is 0.0215 e. The average Bonchev–Trinajstić information content (AvgIpc) is 1.51.